The van der Waals surface area contributed by atoms with Crippen LogP contribution in [0.15, 0.2) is 0 Å². The van der Waals surface area contributed by atoms with Crippen LogP contribution < -0.4 is 0 Å². The number of nitrogens with zero attached hydrogens (tertiary/aromatic N) is 1. The molecule has 3 atom stereocenters. The highest BCUT2D eigenvalue weighted by Gasteiger charge is 2.33. The Labute approximate surface area is 130 Å². The molecule has 0 aliphatic heterocycles. The van der Waals surface area contributed by atoms with Crippen LogP contribution in [-0.2, 0) is 14.3 Å². The standard InChI is InChI=1S/C17H33NO3/c1-5-20-9-7-18(8-10-21-6-2)13-16-15(4)11-14(3)12-17(16)19/h14-16H,5-13H2,1-4H3. The van der Waals surface area contributed by atoms with Crippen molar-refractivity contribution in [3.8, 4) is 0 Å². The fourth-order valence-electron chi connectivity index (χ4n) is 3.22. The first-order chi connectivity index (χ1) is 10.1. The Balaban J connectivity index is 2.50. The van der Waals surface area contributed by atoms with Crippen molar-refractivity contribution in [3.05, 3.63) is 0 Å². The normalized spacial score (nSPS) is 26.5. The van der Waals surface area contributed by atoms with Gasteiger partial charge in [0, 0.05) is 45.2 Å². The summed E-state index contributed by atoms with van der Waals surface area (Å²) < 4.78 is 10.9. The Kier molecular flexibility index (Phi) is 9.13. The second-order valence-electron chi connectivity index (χ2n) is 6.29. The average Bonchev–Trinajstić information content (AvgIpc) is 2.42. The van der Waals surface area contributed by atoms with E-state index in [0.29, 0.717) is 17.6 Å². The van der Waals surface area contributed by atoms with Crippen LogP contribution in [0.4, 0.5) is 0 Å². The number of Topliss-reactive ketones (excluding diaryl/α,β-unsaturated/α-hetero) is 1. The number of rotatable bonds is 10. The first kappa shape index (κ1) is 18.6. The average molecular weight is 299 g/mol. The van der Waals surface area contributed by atoms with Gasteiger partial charge in [-0.25, -0.2) is 0 Å². The highest BCUT2D eigenvalue weighted by molar-refractivity contribution is 5.82. The first-order valence-corrected chi connectivity index (χ1v) is 8.48. The van der Waals surface area contributed by atoms with Crippen LogP contribution in [0, 0.1) is 17.8 Å². The molecule has 0 aromatic rings. The molecule has 0 spiro atoms. The molecule has 21 heavy (non-hydrogen) atoms. The van der Waals surface area contributed by atoms with Gasteiger partial charge in [0.25, 0.3) is 0 Å². The number of ketones is 1. The molecule has 0 amide bonds. The molecule has 0 saturated heterocycles. The predicted octanol–water partition coefficient (Wildman–Crippen LogP) is 2.61. The molecule has 1 saturated carbocycles. The van der Waals surface area contributed by atoms with Gasteiger partial charge < -0.3 is 9.47 Å². The zero-order chi connectivity index (χ0) is 15.7. The van der Waals surface area contributed by atoms with Gasteiger partial charge in [-0.15, -0.1) is 0 Å². The van der Waals surface area contributed by atoms with Gasteiger partial charge in [0.05, 0.1) is 13.2 Å². The van der Waals surface area contributed by atoms with Crippen molar-refractivity contribution in [3.63, 3.8) is 0 Å². The maximum Gasteiger partial charge on any atom is 0.137 e. The lowest BCUT2D eigenvalue weighted by molar-refractivity contribution is -0.128. The summed E-state index contributed by atoms with van der Waals surface area (Å²) in [5, 5.41) is 0. The third-order valence-electron chi connectivity index (χ3n) is 4.39. The molecule has 1 fully saturated rings. The van der Waals surface area contributed by atoms with E-state index in [2.05, 4.69) is 18.7 Å². The van der Waals surface area contributed by atoms with Crippen molar-refractivity contribution in [1.29, 1.82) is 0 Å². The molecule has 0 bridgehead atoms. The number of hydrogen-bond donors (Lipinski definition) is 0. The second-order valence-corrected chi connectivity index (χ2v) is 6.29. The third kappa shape index (κ3) is 6.90. The Morgan fingerprint density at radius 2 is 1.67 bits per heavy atom. The van der Waals surface area contributed by atoms with E-state index in [9.17, 15) is 4.79 Å². The summed E-state index contributed by atoms with van der Waals surface area (Å²) in [6, 6.07) is 0. The van der Waals surface area contributed by atoms with Gasteiger partial charge in [-0.1, -0.05) is 13.8 Å². The third-order valence-corrected chi connectivity index (χ3v) is 4.39. The maximum absolute atomic E-state index is 12.3. The first-order valence-electron chi connectivity index (χ1n) is 8.48. The van der Waals surface area contributed by atoms with Crippen molar-refractivity contribution in [2.45, 2.75) is 40.5 Å². The molecular formula is C17H33NO3. The summed E-state index contributed by atoms with van der Waals surface area (Å²) in [5.74, 6) is 1.66. The fraction of sp³-hybridized carbons (Fsp3) is 0.941. The van der Waals surface area contributed by atoms with E-state index in [0.717, 1.165) is 52.5 Å². The van der Waals surface area contributed by atoms with Gasteiger partial charge in [0.2, 0.25) is 0 Å². The minimum absolute atomic E-state index is 0.185. The summed E-state index contributed by atoms with van der Waals surface area (Å²) in [4.78, 5) is 14.7. The van der Waals surface area contributed by atoms with Crippen molar-refractivity contribution in [2.75, 3.05) is 46.1 Å². The molecule has 0 aromatic heterocycles. The van der Waals surface area contributed by atoms with Gasteiger partial charge in [0.1, 0.15) is 5.78 Å². The molecule has 0 heterocycles. The monoisotopic (exact) mass is 299 g/mol. The zero-order valence-corrected chi connectivity index (χ0v) is 14.3. The number of carbonyl (C=O) groups is 1. The lowest BCUT2D eigenvalue weighted by atomic mass is 9.74. The zero-order valence-electron chi connectivity index (χ0n) is 14.3. The van der Waals surface area contributed by atoms with Gasteiger partial charge >= 0.3 is 0 Å². The van der Waals surface area contributed by atoms with E-state index in [1.54, 1.807) is 0 Å². The van der Waals surface area contributed by atoms with Crippen LogP contribution in [0.25, 0.3) is 0 Å². The van der Waals surface area contributed by atoms with Crippen molar-refractivity contribution < 1.29 is 14.3 Å². The summed E-state index contributed by atoms with van der Waals surface area (Å²) in [6.45, 7) is 14.0. The van der Waals surface area contributed by atoms with E-state index in [4.69, 9.17) is 9.47 Å². The molecule has 1 rings (SSSR count). The minimum atomic E-state index is 0.185. The summed E-state index contributed by atoms with van der Waals surface area (Å²) >= 11 is 0. The summed E-state index contributed by atoms with van der Waals surface area (Å²) in [7, 11) is 0. The second kappa shape index (κ2) is 10.3. The van der Waals surface area contributed by atoms with E-state index in [1.165, 1.54) is 6.42 Å². The number of ether oxygens (including phenoxy) is 2. The maximum atomic E-state index is 12.3. The van der Waals surface area contributed by atoms with E-state index in [-0.39, 0.29) is 5.92 Å². The molecule has 124 valence electrons. The minimum Gasteiger partial charge on any atom is -0.380 e. The smallest absolute Gasteiger partial charge is 0.137 e. The molecular weight excluding hydrogens is 266 g/mol. The lowest BCUT2D eigenvalue weighted by Crippen LogP contribution is -2.42. The van der Waals surface area contributed by atoms with Crippen molar-refractivity contribution in [1.82, 2.24) is 4.90 Å². The molecule has 4 nitrogen and oxygen atoms in total. The van der Waals surface area contributed by atoms with Crippen LogP contribution in [0.5, 0.6) is 0 Å². The SMILES string of the molecule is CCOCCN(CCOCC)CC1C(=O)CC(C)CC1C. The Hall–Kier alpha value is -0.450. The number of carbonyl (C=O) groups excluding carboxylic acids is 1. The topological polar surface area (TPSA) is 38.8 Å². The molecule has 1 aliphatic rings. The molecule has 0 radical (unpaired) electrons. The molecule has 0 N–H and O–H groups in total. The molecule has 3 unspecified atom stereocenters. The largest absolute Gasteiger partial charge is 0.380 e. The van der Waals surface area contributed by atoms with E-state index >= 15 is 0 Å². The molecule has 0 aromatic carbocycles. The van der Waals surface area contributed by atoms with Crippen LogP contribution >= 0.6 is 0 Å². The Morgan fingerprint density at radius 3 is 2.14 bits per heavy atom. The van der Waals surface area contributed by atoms with Crippen LogP contribution in [0.3, 0.4) is 0 Å². The Bertz CT molecular complexity index is 286. The predicted molar refractivity (Wildman–Crippen MR) is 85.5 cm³/mol. The lowest BCUT2D eigenvalue weighted by Gasteiger charge is -2.35. The van der Waals surface area contributed by atoms with Gasteiger partial charge in [0.15, 0.2) is 0 Å². The van der Waals surface area contributed by atoms with E-state index < -0.39 is 0 Å². The van der Waals surface area contributed by atoms with Gasteiger partial charge in [-0.3, -0.25) is 9.69 Å². The van der Waals surface area contributed by atoms with Gasteiger partial charge in [-0.05, 0) is 32.1 Å². The summed E-state index contributed by atoms with van der Waals surface area (Å²) in [6.07, 6.45) is 1.92. The summed E-state index contributed by atoms with van der Waals surface area (Å²) in [5.41, 5.74) is 0. The van der Waals surface area contributed by atoms with Crippen LogP contribution in [0.2, 0.25) is 0 Å². The highest BCUT2D eigenvalue weighted by atomic mass is 16.5. The van der Waals surface area contributed by atoms with Crippen molar-refractivity contribution >= 4 is 5.78 Å². The van der Waals surface area contributed by atoms with Crippen LogP contribution in [0.1, 0.15) is 40.5 Å². The van der Waals surface area contributed by atoms with E-state index in [1.807, 2.05) is 13.8 Å². The molecule has 1 aliphatic carbocycles. The van der Waals surface area contributed by atoms with Gasteiger partial charge in [-0.2, -0.15) is 0 Å². The Morgan fingerprint density at radius 1 is 1.10 bits per heavy atom. The van der Waals surface area contributed by atoms with Crippen LogP contribution in [-0.4, -0.2) is 56.7 Å². The number of hydrogen-bond acceptors (Lipinski definition) is 4. The molecule has 4 heteroatoms. The highest BCUT2D eigenvalue weighted by Crippen LogP contribution is 2.31. The van der Waals surface area contributed by atoms with Crippen molar-refractivity contribution in [2.24, 2.45) is 17.8 Å². The quantitative estimate of drug-likeness (QED) is 0.581. The fourth-order valence-corrected chi connectivity index (χ4v) is 3.22.